The Hall–Kier alpha value is -3.27. The molecule has 1 aliphatic rings. The van der Waals surface area contributed by atoms with Gasteiger partial charge < -0.3 is 19.5 Å². The second-order valence-corrected chi connectivity index (χ2v) is 9.92. The van der Waals surface area contributed by atoms with Crippen molar-refractivity contribution in [1.82, 2.24) is 10.0 Å². The monoisotopic (exact) mass is 516 g/mol. The number of carbonyl (C=O) groups excluding carboxylic acids is 1. The molecule has 0 bridgehead atoms. The van der Waals surface area contributed by atoms with Gasteiger partial charge in [-0.3, -0.25) is 4.79 Å². The summed E-state index contributed by atoms with van der Waals surface area (Å²) in [5.41, 5.74) is 1.60. The van der Waals surface area contributed by atoms with Gasteiger partial charge in [-0.2, -0.15) is 4.72 Å². The second-order valence-electron chi connectivity index (χ2n) is 7.79. The van der Waals surface area contributed by atoms with Gasteiger partial charge in [0.25, 0.3) is 0 Å². The predicted octanol–water partition coefficient (Wildman–Crippen LogP) is 3.67. The van der Waals surface area contributed by atoms with Gasteiger partial charge in [0, 0.05) is 6.54 Å². The van der Waals surface area contributed by atoms with Crippen LogP contribution in [0.25, 0.3) is 0 Å². The molecule has 35 heavy (non-hydrogen) atoms. The van der Waals surface area contributed by atoms with Crippen LogP contribution in [-0.4, -0.2) is 33.8 Å². The molecular weight excluding hydrogens is 492 g/mol. The lowest BCUT2D eigenvalue weighted by Crippen LogP contribution is -2.47. The Morgan fingerprint density at radius 2 is 1.80 bits per heavy atom. The van der Waals surface area contributed by atoms with Crippen molar-refractivity contribution in [3.8, 4) is 17.2 Å². The summed E-state index contributed by atoms with van der Waals surface area (Å²) in [7, 11) is -4.06. The highest BCUT2D eigenvalue weighted by Gasteiger charge is 2.27. The van der Waals surface area contributed by atoms with E-state index in [4.69, 9.17) is 25.8 Å². The van der Waals surface area contributed by atoms with Crippen molar-refractivity contribution in [2.24, 2.45) is 0 Å². The molecule has 0 saturated carbocycles. The summed E-state index contributed by atoms with van der Waals surface area (Å²) in [5, 5.41) is 2.98. The van der Waals surface area contributed by atoms with Gasteiger partial charge in [0.15, 0.2) is 11.5 Å². The van der Waals surface area contributed by atoms with Crippen LogP contribution in [-0.2, 0) is 27.8 Å². The van der Waals surface area contributed by atoms with Crippen LogP contribution in [0.1, 0.15) is 18.1 Å². The summed E-state index contributed by atoms with van der Waals surface area (Å²) < 4.78 is 44.9. The smallest absolute Gasteiger partial charge is 0.241 e. The Morgan fingerprint density at radius 1 is 1.03 bits per heavy atom. The number of carbonyl (C=O) groups is 1. The SMILES string of the molecule is CCOc1ccc(S(=O)(=O)NC(Cc2ccccc2)C(=O)NCc2ccc3c(c2)OCO3)cc1Cl. The zero-order valence-electron chi connectivity index (χ0n) is 19.0. The second kappa shape index (κ2) is 11.0. The zero-order chi connectivity index (χ0) is 24.8. The largest absolute Gasteiger partial charge is 0.492 e. The van der Waals surface area contributed by atoms with Crippen LogP contribution in [0, 0.1) is 0 Å². The van der Waals surface area contributed by atoms with E-state index < -0.39 is 22.0 Å². The molecule has 0 fully saturated rings. The number of fused-ring (bicyclic) bond motifs is 1. The standard InChI is InChI=1S/C25H25ClN2O6S/c1-2-32-22-11-9-19(14-20(22)26)35(30,31)28-21(12-17-6-4-3-5-7-17)25(29)27-15-18-8-10-23-24(13-18)34-16-33-23/h3-11,13-14,21,28H,2,12,15-16H2,1H3,(H,27,29). The van der Waals surface area contributed by atoms with E-state index in [1.165, 1.54) is 18.2 Å². The normalized spacial score (nSPS) is 13.3. The first-order valence-electron chi connectivity index (χ1n) is 11.0. The van der Waals surface area contributed by atoms with Crippen LogP contribution >= 0.6 is 11.6 Å². The number of sulfonamides is 1. The Morgan fingerprint density at radius 3 is 2.54 bits per heavy atom. The maximum atomic E-state index is 13.1. The Kier molecular flexibility index (Phi) is 7.80. The molecule has 8 nitrogen and oxygen atoms in total. The molecule has 1 unspecified atom stereocenters. The third-order valence-electron chi connectivity index (χ3n) is 5.31. The van der Waals surface area contributed by atoms with Gasteiger partial charge in [-0.05, 0) is 54.8 Å². The van der Waals surface area contributed by atoms with Gasteiger partial charge in [0.2, 0.25) is 22.7 Å². The topological polar surface area (TPSA) is 103 Å². The lowest BCUT2D eigenvalue weighted by Gasteiger charge is -2.19. The summed E-state index contributed by atoms with van der Waals surface area (Å²) in [5.74, 6) is 1.16. The van der Waals surface area contributed by atoms with Crippen molar-refractivity contribution in [3.63, 3.8) is 0 Å². The Balaban J connectivity index is 1.51. The quantitative estimate of drug-likeness (QED) is 0.426. The number of rotatable bonds is 10. The molecule has 2 N–H and O–H groups in total. The summed E-state index contributed by atoms with van der Waals surface area (Å²) in [6, 6.07) is 17.7. The summed E-state index contributed by atoms with van der Waals surface area (Å²) in [6.45, 7) is 2.55. The van der Waals surface area contributed by atoms with Gasteiger partial charge in [-0.1, -0.05) is 48.0 Å². The van der Waals surface area contributed by atoms with Gasteiger partial charge in [0.1, 0.15) is 11.8 Å². The highest BCUT2D eigenvalue weighted by Crippen LogP contribution is 2.32. The molecule has 1 heterocycles. The number of hydrogen-bond donors (Lipinski definition) is 2. The molecule has 0 aromatic heterocycles. The van der Waals surface area contributed by atoms with E-state index in [2.05, 4.69) is 10.0 Å². The molecule has 1 atom stereocenters. The van der Waals surface area contributed by atoms with Crippen LogP contribution in [0.4, 0.5) is 0 Å². The minimum absolute atomic E-state index is 0.0624. The molecule has 0 saturated heterocycles. The van der Waals surface area contributed by atoms with Crippen LogP contribution in [0.5, 0.6) is 17.2 Å². The number of halogens is 1. The third kappa shape index (κ3) is 6.25. The summed E-state index contributed by atoms with van der Waals surface area (Å²) >= 11 is 6.19. The van der Waals surface area contributed by atoms with E-state index in [0.717, 1.165) is 11.1 Å². The average molecular weight is 517 g/mol. The highest BCUT2D eigenvalue weighted by molar-refractivity contribution is 7.89. The van der Waals surface area contributed by atoms with Crippen LogP contribution in [0.15, 0.2) is 71.6 Å². The van der Waals surface area contributed by atoms with Crippen molar-refractivity contribution in [1.29, 1.82) is 0 Å². The minimum atomic E-state index is -4.06. The lowest BCUT2D eigenvalue weighted by atomic mass is 10.1. The van der Waals surface area contributed by atoms with Crippen LogP contribution in [0.2, 0.25) is 5.02 Å². The van der Waals surface area contributed by atoms with E-state index in [0.29, 0.717) is 23.9 Å². The zero-order valence-corrected chi connectivity index (χ0v) is 20.6. The first-order valence-corrected chi connectivity index (χ1v) is 12.9. The summed E-state index contributed by atoms with van der Waals surface area (Å²) in [4.78, 5) is 13.1. The van der Waals surface area contributed by atoms with Gasteiger partial charge in [-0.25, -0.2) is 8.42 Å². The molecule has 0 spiro atoms. The molecule has 4 rings (SSSR count). The highest BCUT2D eigenvalue weighted by atomic mass is 35.5. The van der Waals surface area contributed by atoms with Crippen molar-refractivity contribution in [2.75, 3.05) is 13.4 Å². The molecule has 184 valence electrons. The maximum absolute atomic E-state index is 13.1. The molecule has 10 heteroatoms. The van der Waals surface area contributed by atoms with E-state index in [9.17, 15) is 13.2 Å². The third-order valence-corrected chi connectivity index (χ3v) is 7.08. The molecule has 1 aliphatic heterocycles. The molecular formula is C25H25ClN2O6S. The number of amides is 1. The fraction of sp³-hybridized carbons (Fsp3) is 0.240. The van der Waals surface area contributed by atoms with Crippen LogP contribution < -0.4 is 24.2 Å². The average Bonchev–Trinajstić information content (AvgIpc) is 3.32. The van der Waals surface area contributed by atoms with E-state index in [1.807, 2.05) is 36.4 Å². The minimum Gasteiger partial charge on any atom is -0.492 e. The van der Waals surface area contributed by atoms with Crippen molar-refractivity contribution >= 4 is 27.5 Å². The predicted molar refractivity (Wildman–Crippen MR) is 131 cm³/mol. The van der Waals surface area contributed by atoms with Crippen molar-refractivity contribution in [2.45, 2.75) is 30.8 Å². The number of ether oxygens (including phenoxy) is 3. The molecule has 3 aromatic carbocycles. The molecule has 3 aromatic rings. The van der Waals surface area contributed by atoms with Crippen molar-refractivity contribution < 1.29 is 27.4 Å². The Labute approximate surface area is 209 Å². The van der Waals surface area contributed by atoms with Crippen molar-refractivity contribution in [3.05, 3.63) is 82.9 Å². The first-order chi connectivity index (χ1) is 16.9. The number of nitrogens with one attached hydrogen (secondary N) is 2. The molecule has 1 amide bonds. The molecule has 0 aliphatic carbocycles. The first kappa shape index (κ1) is 24.8. The van der Waals surface area contributed by atoms with E-state index >= 15 is 0 Å². The fourth-order valence-corrected chi connectivity index (χ4v) is 5.10. The fourth-order valence-electron chi connectivity index (χ4n) is 3.58. The number of benzene rings is 3. The maximum Gasteiger partial charge on any atom is 0.241 e. The van der Waals surface area contributed by atoms with E-state index in [1.54, 1.807) is 19.1 Å². The van der Waals surface area contributed by atoms with E-state index in [-0.39, 0.29) is 29.7 Å². The lowest BCUT2D eigenvalue weighted by molar-refractivity contribution is -0.122. The number of hydrogen-bond acceptors (Lipinski definition) is 6. The van der Waals surface area contributed by atoms with Gasteiger partial charge in [-0.15, -0.1) is 0 Å². The summed E-state index contributed by atoms with van der Waals surface area (Å²) in [6.07, 6.45) is 0.164. The van der Waals surface area contributed by atoms with Gasteiger partial charge >= 0.3 is 0 Å². The molecule has 0 radical (unpaired) electrons. The van der Waals surface area contributed by atoms with Crippen LogP contribution in [0.3, 0.4) is 0 Å². The van der Waals surface area contributed by atoms with Gasteiger partial charge in [0.05, 0.1) is 16.5 Å². The Bertz CT molecular complexity index is 1300.